The average Bonchev–Trinajstić information content (AvgIpc) is 2.96. The summed E-state index contributed by atoms with van der Waals surface area (Å²) in [5, 5.41) is 15.1. The maximum atomic E-state index is 13.4. The standard InChI is InChI=1S/C29H34N2O9/c1-4-5-7-13-21-25(40-27(35)19-11-8-6-9-12-19)18(3)39-29(37)23(17(2)38-28(21)36)31-26(34)20-14-10-15-22(24(20)33)30-16-32/h6,8-12,14-18,21,23,25,33H,4-5,7,13H2,1-3H3,(H,30,32)(H,31,34). The highest BCUT2D eigenvalue weighted by atomic mass is 16.6. The minimum atomic E-state index is -1.44. The van der Waals surface area contributed by atoms with Gasteiger partial charge in [0.25, 0.3) is 5.91 Å². The molecule has 1 saturated heterocycles. The predicted molar refractivity (Wildman–Crippen MR) is 143 cm³/mol. The van der Waals surface area contributed by atoms with Gasteiger partial charge in [-0.1, -0.05) is 50.5 Å². The Kier molecular flexibility index (Phi) is 10.6. The van der Waals surface area contributed by atoms with E-state index in [-0.39, 0.29) is 16.8 Å². The lowest BCUT2D eigenvalue weighted by atomic mass is 9.92. The number of unbranched alkanes of at least 4 members (excludes halogenated alkanes) is 2. The van der Waals surface area contributed by atoms with Gasteiger partial charge >= 0.3 is 17.9 Å². The molecule has 0 saturated carbocycles. The van der Waals surface area contributed by atoms with Gasteiger partial charge in [-0.3, -0.25) is 14.4 Å². The molecule has 3 N–H and O–H groups in total. The van der Waals surface area contributed by atoms with Crippen LogP contribution in [0.5, 0.6) is 5.75 Å². The molecule has 1 fully saturated rings. The fourth-order valence-corrected chi connectivity index (χ4v) is 4.46. The quantitative estimate of drug-likeness (QED) is 0.132. The van der Waals surface area contributed by atoms with Crippen molar-refractivity contribution in [3.8, 4) is 5.75 Å². The summed E-state index contributed by atoms with van der Waals surface area (Å²) in [7, 11) is 0. The molecule has 214 valence electrons. The molecule has 0 bridgehead atoms. The minimum absolute atomic E-state index is 0.00853. The number of anilines is 1. The van der Waals surface area contributed by atoms with Crippen molar-refractivity contribution in [3.63, 3.8) is 0 Å². The summed E-state index contributed by atoms with van der Waals surface area (Å²) in [6.07, 6.45) is -0.325. The second-order valence-corrected chi connectivity index (χ2v) is 9.54. The van der Waals surface area contributed by atoms with E-state index in [2.05, 4.69) is 10.6 Å². The summed E-state index contributed by atoms with van der Waals surface area (Å²) in [6, 6.07) is 10.9. The monoisotopic (exact) mass is 554 g/mol. The number of para-hydroxylation sites is 1. The van der Waals surface area contributed by atoms with Crippen LogP contribution in [-0.4, -0.2) is 59.7 Å². The smallest absolute Gasteiger partial charge is 0.338 e. The molecule has 11 nitrogen and oxygen atoms in total. The number of phenols is 1. The highest BCUT2D eigenvalue weighted by Crippen LogP contribution is 2.29. The Morgan fingerprint density at radius 2 is 1.68 bits per heavy atom. The first kappa shape index (κ1) is 30.1. The third-order valence-corrected chi connectivity index (χ3v) is 6.64. The van der Waals surface area contributed by atoms with E-state index in [4.69, 9.17) is 14.2 Å². The molecule has 0 aliphatic carbocycles. The van der Waals surface area contributed by atoms with Crippen molar-refractivity contribution >= 4 is 35.9 Å². The number of cyclic esters (lactones) is 2. The van der Waals surface area contributed by atoms with Crippen LogP contribution in [0.2, 0.25) is 0 Å². The van der Waals surface area contributed by atoms with Crippen molar-refractivity contribution < 1.29 is 43.3 Å². The summed E-state index contributed by atoms with van der Waals surface area (Å²) >= 11 is 0. The average molecular weight is 555 g/mol. The number of benzene rings is 2. The number of rotatable bonds is 10. The number of hydrogen-bond donors (Lipinski definition) is 3. The summed E-state index contributed by atoms with van der Waals surface area (Å²) in [6.45, 7) is 4.95. The second kappa shape index (κ2) is 14.1. The van der Waals surface area contributed by atoms with E-state index in [0.717, 1.165) is 12.8 Å². The number of nitrogens with one attached hydrogen (secondary N) is 2. The molecule has 1 aliphatic heterocycles. The Hall–Kier alpha value is -4.41. The van der Waals surface area contributed by atoms with Gasteiger partial charge in [-0.2, -0.15) is 0 Å². The van der Waals surface area contributed by atoms with Crippen LogP contribution in [-0.2, 0) is 28.6 Å². The summed E-state index contributed by atoms with van der Waals surface area (Å²) < 4.78 is 17.0. The second-order valence-electron chi connectivity index (χ2n) is 9.54. The van der Waals surface area contributed by atoms with Crippen molar-refractivity contribution in [2.24, 2.45) is 5.92 Å². The third kappa shape index (κ3) is 7.37. The molecule has 0 radical (unpaired) electrons. The van der Waals surface area contributed by atoms with E-state index in [1.807, 2.05) is 6.92 Å². The van der Waals surface area contributed by atoms with Gasteiger partial charge in [-0.15, -0.1) is 0 Å². The van der Waals surface area contributed by atoms with Crippen LogP contribution in [0.25, 0.3) is 0 Å². The van der Waals surface area contributed by atoms with Gasteiger partial charge in [0.2, 0.25) is 6.41 Å². The molecule has 40 heavy (non-hydrogen) atoms. The van der Waals surface area contributed by atoms with Crippen molar-refractivity contribution in [1.29, 1.82) is 0 Å². The van der Waals surface area contributed by atoms with E-state index >= 15 is 0 Å². The first-order valence-electron chi connectivity index (χ1n) is 13.2. The van der Waals surface area contributed by atoms with Gasteiger partial charge in [0.15, 0.2) is 17.9 Å². The molecule has 1 aliphatic rings. The maximum absolute atomic E-state index is 13.4. The van der Waals surface area contributed by atoms with Gasteiger partial charge in [0, 0.05) is 0 Å². The van der Waals surface area contributed by atoms with Crippen LogP contribution in [0.15, 0.2) is 48.5 Å². The van der Waals surface area contributed by atoms with Crippen LogP contribution >= 0.6 is 0 Å². The topological polar surface area (TPSA) is 157 Å². The van der Waals surface area contributed by atoms with Crippen molar-refractivity contribution in [3.05, 3.63) is 59.7 Å². The number of amides is 2. The Morgan fingerprint density at radius 1 is 0.975 bits per heavy atom. The normalized spacial score (nSPS) is 22.9. The highest BCUT2D eigenvalue weighted by Gasteiger charge is 2.44. The molecule has 2 aromatic rings. The van der Waals surface area contributed by atoms with E-state index < -0.39 is 59.8 Å². The maximum Gasteiger partial charge on any atom is 0.338 e. The summed E-state index contributed by atoms with van der Waals surface area (Å²) in [5.41, 5.74) is 0.0372. The Morgan fingerprint density at radius 3 is 2.35 bits per heavy atom. The van der Waals surface area contributed by atoms with Gasteiger partial charge < -0.3 is 30.0 Å². The van der Waals surface area contributed by atoms with E-state index in [1.54, 1.807) is 30.3 Å². The first-order valence-corrected chi connectivity index (χ1v) is 13.2. The molecule has 1 heterocycles. The lowest BCUT2D eigenvalue weighted by Gasteiger charge is -2.29. The number of hydrogen-bond acceptors (Lipinski definition) is 9. The van der Waals surface area contributed by atoms with Crippen LogP contribution in [0.3, 0.4) is 0 Å². The predicted octanol–water partition coefficient (Wildman–Crippen LogP) is 3.36. The molecule has 2 aromatic carbocycles. The van der Waals surface area contributed by atoms with E-state index in [1.165, 1.54) is 32.0 Å². The van der Waals surface area contributed by atoms with Crippen LogP contribution in [0.4, 0.5) is 5.69 Å². The van der Waals surface area contributed by atoms with Gasteiger partial charge in [0.05, 0.1) is 22.7 Å². The van der Waals surface area contributed by atoms with Crippen molar-refractivity contribution in [1.82, 2.24) is 5.32 Å². The SMILES string of the molecule is CCCCCC1C(=O)OC(C)C(NC(=O)c2cccc(NC=O)c2O)C(=O)OC(C)C1OC(=O)c1ccccc1. The minimum Gasteiger partial charge on any atom is -0.505 e. The largest absolute Gasteiger partial charge is 0.505 e. The molecular weight excluding hydrogens is 520 g/mol. The van der Waals surface area contributed by atoms with Gasteiger partial charge in [-0.25, -0.2) is 9.59 Å². The van der Waals surface area contributed by atoms with E-state index in [0.29, 0.717) is 19.3 Å². The van der Waals surface area contributed by atoms with E-state index in [9.17, 15) is 29.1 Å². The highest BCUT2D eigenvalue weighted by molar-refractivity contribution is 6.01. The van der Waals surface area contributed by atoms with Crippen LogP contribution in [0, 0.1) is 5.92 Å². The number of carbonyl (C=O) groups excluding carboxylic acids is 5. The molecule has 0 spiro atoms. The summed E-state index contributed by atoms with van der Waals surface area (Å²) in [4.78, 5) is 63.4. The Labute approximate surface area is 232 Å². The fraction of sp³-hybridized carbons (Fsp3) is 0.414. The molecule has 2 amide bonds. The number of esters is 3. The molecule has 11 heteroatoms. The number of carbonyl (C=O) groups is 5. The van der Waals surface area contributed by atoms with Crippen LogP contribution in [0.1, 0.15) is 67.2 Å². The first-order chi connectivity index (χ1) is 19.2. The Balaban J connectivity index is 1.89. The number of phenolic OH excluding ortho intramolecular Hbond substituents is 1. The van der Waals surface area contributed by atoms with Gasteiger partial charge in [0.1, 0.15) is 12.2 Å². The lowest BCUT2D eigenvalue weighted by molar-refractivity contribution is -0.160. The number of ether oxygens (including phenoxy) is 3. The van der Waals surface area contributed by atoms with Gasteiger partial charge in [-0.05, 0) is 44.5 Å². The van der Waals surface area contributed by atoms with Crippen molar-refractivity contribution in [2.45, 2.75) is 70.8 Å². The summed E-state index contributed by atoms with van der Waals surface area (Å²) in [5.74, 6) is -4.59. The molecule has 5 atom stereocenters. The zero-order valence-electron chi connectivity index (χ0n) is 22.6. The molecule has 3 rings (SSSR count). The molecular formula is C29H34N2O9. The Bertz CT molecular complexity index is 1220. The molecule has 5 unspecified atom stereocenters. The zero-order chi connectivity index (χ0) is 29.2. The zero-order valence-corrected chi connectivity index (χ0v) is 22.6. The van der Waals surface area contributed by atoms with Crippen LogP contribution < -0.4 is 10.6 Å². The fourth-order valence-electron chi connectivity index (χ4n) is 4.46. The lowest BCUT2D eigenvalue weighted by Crippen LogP contribution is -2.50. The number of aromatic hydroxyl groups is 1. The third-order valence-electron chi connectivity index (χ3n) is 6.64. The molecule has 0 aromatic heterocycles. The van der Waals surface area contributed by atoms with Crippen molar-refractivity contribution in [2.75, 3.05) is 5.32 Å².